The zero-order valence-corrected chi connectivity index (χ0v) is 17.3. The van der Waals surface area contributed by atoms with Crippen molar-refractivity contribution in [2.45, 2.75) is 33.6 Å². The third-order valence-corrected chi connectivity index (χ3v) is 5.27. The van der Waals surface area contributed by atoms with Crippen molar-refractivity contribution < 1.29 is 0 Å². The molecule has 0 aliphatic carbocycles. The number of allylic oxidation sites excluding steroid dienone is 1. The quantitative estimate of drug-likeness (QED) is 0.595. The first-order valence-corrected chi connectivity index (χ1v) is 10.2. The highest BCUT2D eigenvalue weighted by Gasteiger charge is 2.22. The van der Waals surface area contributed by atoms with E-state index in [1.807, 2.05) is 18.3 Å². The molecule has 1 aliphatic rings. The molecular formula is C26H27N3. The number of pyridine rings is 1. The number of hydrogen-bond acceptors (Lipinski definition) is 3. The van der Waals surface area contributed by atoms with Crippen molar-refractivity contribution >= 4 is 22.8 Å². The number of aromatic nitrogens is 1. The van der Waals surface area contributed by atoms with Crippen LogP contribution in [0.2, 0.25) is 0 Å². The van der Waals surface area contributed by atoms with E-state index in [-0.39, 0.29) is 0 Å². The maximum Gasteiger partial charge on any atom is 0.123 e. The van der Waals surface area contributed by atoms with Crippen LogP contribution in [0.4, 0.5) is 5.82 Å². The Morgan fingerprint density at radius 1 is 0.862 bits per heavy atom. The smallest absolute Gasteiger partial charge is 0.123 e. The van der Waals surface area contributed by atoms with Crippen LogP contribution in [0.3, 0.4) is 0 Å². The van der Waals surface area contributed by atoms with Gasteiger partial charge in [-0.3, -0.25) is 4.99 Å². The van der Waals surface area contributed by atoms with Gasteiger partial charge in [0.05, 0.1) is 11.4 Å². The Hall–Kier alpha value is -3.20. The molecule has 0 fully saturated rings. The van der Waals surface area contributed by atoms with Gasteiger partial charge in [0.15, 0.2) is 0 Å². The summed E-state index contributed by atoms with van der Waals surface area (Å²) in [5.41, 5.74) is 15.1. The number of aliphatic imine (C=N–C) groups is 1. The molecule has 0 atom stereocenters. The average molecular weight is 382 g/mol. The highest BCUT2D eigenvalue weighted by molar-refractivity contribution is 6.16. The molecule has 0 amide bonds. The monoisotopic (exact) mass is 381 g/mol. The molecule has 1 aliphatic heterocycles. The van der Waals surface area contributed by atoms with Gasteiger partial charge in [-0.1, -0.05) is 67.9 Å². The summed E-state index contributed by atoms with van der Waals surface area (Å²) in [7, 11) is 0. The van der Waals surface area contributed by atoms with Gasteiger partial charge in [0.25, 0.3) is 0 Å². The summed E-state index contributed by atoms with van der Waals surface area (Å²) in [6.07, 6.45) is 3.74. The summed E-state index contributed by atoms with van der Waals surface area (Å²) in [6, 6.07) is 21.3. The van der Waals surface area contributed by atoms with Crippen molar-refractivity contribution in [2.75, 3.05) is 5.73 Å². The van der Waals surface area contributed by atoms with E-state index in [1.165, 1.54) is 22.3 Å². The first kappa shape index (κ1) is 19.1. The Morgan fingerprint density at radius 3 is 2.14 bits per heavy atom. The third kappa shape index (κ3) is 4.29. The van der Waals surface area contributed by atoms with E-state index in [1.54, 1.807) is 0 Å². The standard InChI is InChI=1S/C26H27N3/c1-17(2)14-19-6-10-20(11-7-19)24-15-23(22-12-13-25(27)28-16-22)26(29-24)21-8-4-18(3)5-9-21/h4-13,16-17H,14-15H2,1-3H3,(H2,27,28). The molecule has 29 heavy (non-hydrogen) atoms. The lowest BCUT2D eigenvalue weighted by atomic mass is 9.95. The van der Waals surface area contributed by atoms with Crippen LogP contribution in [0.15, 0.2) is 71.9 Å². The molecule has 2 N–H and O–H groups in total. The van der Waals surface area contributed by atoms with Crippen LogP contribution in [0, 0.1) is 12.8 Å². The topological polar surface area (TPSA) is 51.3 Å². The molecule has 0 radical (unpaired) electrons. The Labute approximate surface area is 173 Å². The van der Waals surface area contributed by atoms with Crippen LogP contribution >= 0.6 is 0 Å². The first-order chi connectivity index (χ1) is 14.0. The van der Waals surface area contributed by atoms with E-state index < -0.39 is 0 Å². The van der Waals surface area contributed by atoms with E-state index in [4.69, 9.17) is 10.7 Å². The Kier molecular flexibility index (Phi) is 5.30. The molecule has 2 aromatic carbocycles. The summed E-state index contributed by atoms with van der Waals surface area (Å²) in [5.74, 6) is 1.19. The molecule has 3 heteroatoms. The van der Waals surface area contributed by atoms with Gasteiger partial charge in [-0.25, -0.2) is 4.98 Å². The van der Waals surface area contributed by atoms with Crippen LogP contribution < -0.4 is 5.73 Å². The number of rotatable bonds is 5. The Bertz CT molecular complexity index is 1050. The van der Waals surface area contributed by atoms with Crippen molar-refractivity contribution in [3.8, 4) is 0 Å². The summed E-state index contributed by atoms with van der Waals surface area (Å²) in [6.45, 7) is 6.60. The fraction of sp³-hybridized carbons (Fsp3) is 0.231. The van der Waals surface area contributed by atoms with Crippen LogP contribution in [0.1, 0.15) is 48.1 Å². The number of anilines is 1. The predicted molar refractivity (Wildman–Crippen MR) is 123 cm³/mol. The fourth-order valence-corrected chi connectivity index (χ4v) is 3.74. The second kappa shape index (κ2) is 8.04. The minimum absolute atomic E-state index is 0.533. The molecule has 0 bridgehead atoms. The van der Waals surface area contributed by atoms with Crippen molar-refractivity contribution in [1.29, 1.82) is 0 Å². The van der Waals surface area contributed by atoms with Gasteiger partial charge in [-0.15, -0.1) is 0 Å². The zero-order valence-electron chi connectivity index (χ0n) is 17.3. The molecule has 3 nitrogen and oxygen atoms in total. The van der Waals surface area contributed by atoms with Crippen LogP contribution in [0.5, 0.6) is 0 Å². The molecule has 0 saturated heterocycles. The van der Waals surface area contributed by atoms with Crippen molar-refractivity contribution in [2.24, 2.45) is 10.9 Å². The number of nitrogens with zero attached hydrogens (tertiary/aromatic N) is 2. The number of benzene rings is 2. The molecule has 0 saturated carbocycles. The number of nitrogens with two attached hydrogens (primary N) is 1. The minimum atomic E-state index is 0.533. The molecular weight excluding hydrogens is 354 g/mol. The van der Waals surface area contributed by atoms with E-state index in [0.717, 1.165) is 35.4 Å². The second-order valence-electron chi connectivity index (χ2n) is 8.20. The lowest BCUT2D eigenvalue weighted by Gasteiger charge is -2.08. The van der Waals surface area contributed by atoms with E-state index in [9.17, 15) is 0 Å². The minimum Gasteiger partial charge on any atom is -0.384 e. The highest BCUT2D eigenvalue weighted by atomic mass is 14.8. The SMILES string of the molecule is Cc1ccc(C2=C(c3ccc(N)nc3)CC(c3ccc(CC(C)C)cc3)=N2)cc1. The maximum absolute atomic E-state index is 5.80. The number of aryl methyl sites for hydroxylation is 1. The van der Waals surface area contributed by atoms with Gasteiger partial charge in [0.1, 0.15) is 5.82 Å². The van der Waals surface area contributed by atoms with Crippen LogP contribution in [0.25, 0.3) is 11.3 Å². The van der Waals surface area contributed by atoms with Gasteiger partial charge in [0.2, 0.25) is 0 Å². The van der Waals surface area contributed by atoms with Crippen molar-refractivity contribution in [1.82, 2.24) is 4.98 Å². The van der Waals surface area contributed by atoms with Crippen LogP contribution in [-0.2, 0) is 6.42 Å². The largest absolute Gasteiger partial charge is 0.384 e. The van der Waals surface area contributed by atoms with Gasteiger partial charge < -0.3 is 5.73 Å². The second-order valence-corrected chi connectivity index (χ2v) is 8.20. The van der Waals surface area contributed by atoms with Crippen molar-refractivity contribution in [3.05, 3.63) is 94.7 Å². The predicted octanol–water partition coefficient (Wildman–Crippen LogP) is 5.93. The molecule has 1 aromatic heterocycles. The Balaban J connectivity index is 1.71. The molecule has 4 rings (SSSR count). The van der Waals surface area contributed by atoms with Gasteiger partial charge in [-0.2, -0.15) is 0 Å². The lowest BCUT2D eigenvalue weighted by molar-refractivity contribution is 0.647. The van der Waals surface area contributed by atoms with Gasteiger partial charge in [0, 0.05) is 18.2 Å². The number of nitrogen functional groups attached to an aromatic ring is 1. The molecule has 2 heterocycles. The zero-order chi connectivity index (χ0) is 20.4. The Morgan fingerprint density at radius 2 is 1.52 bits per heavy atom. The van der Waals surface area contributed by atoms with Gasteiger partial charge in [-0.05, 0) is 53.7 Å². The summed E-state index contributed by atoms with van der Waals surface area (Å²) in [4.78, 5) is 9.36. The van der Waals surface area contributed by atoms with E-state index in [2.05, 4.69) is 74.3 Å². The first-order valence-electron chi connectivity index (χ1n) is 10.2. The summed E-state index contributed by atoms with van der Waals surface area (Å²) < 4.78 is 0. The highest BCUT2D eigenvalue weighted by Crippen LogP contribution is 2.37. The lowest BCUT2D eigenvalue weighted by Crippen LogP contribution is -2.00. The van der Waals surface area contributed by atoms with Crippen molar-refractivity contribution in [3.63, 3.8) is 0 Å². The fourth-order valence-electron chi connectivity index (χ4n) is 3.74. The van der Waals surface area contributed by atoms with E-state index in [0.29, 0.717) is 11.7 Å². The van der Waals surface area contributed by atoms with Gasteiger partial charge >= 0.3 is 0 Å². The normalized spacial score (nSPS) is 13.9. The average Bonchev–Trinajstić information content (AvgIpc) is 3.14. The van der Waals surface area contributed by atoms with E-state index >= 15 is 0 Å². The molecule has 0 unspecified atom stereocenters. The maximum atomic E-state index is 5.80. The molecule has 0 spiro atoms. The third-order valence-electron chi connectivity index (χ3n) is 5.27. The summed E-state index contributed by atoms with van der Waals surface area (Å²) in [5, 5.41) is 0. The number of hydrogen-bond donors (Lipinski definition) is 1. The molecule has 146 valence electrons. The summed E-state index contributed by atoms with van der Waals surface area (Å²) >= 11 is 0. The van der Waals surface area contributed by atoms with Crippen LogP contribution in [-0.4, -0.2) is 10.7 Å². The molecule has 3 aromatic rings.